The lowest BCUT2D eigenvalue weighted by atomic mass is 9.99. The second kappa shape index (κ2) is 7.55. The summed E-state index contributed by atoms with van der Waals surface area (Å²) in [4.78, 5) is 16.5. The van der Waals surface area contributed by atoms with Gasteiger partial charge in [-0.05, 0) is 44.4 Å². The Kier molecular flexibility index (Phi) is 5.38. The Labute approximate surface area is 152 Å². The normalized spacial score (nSPS) is 18.6. The van der Waals surface area contributed by atoms with E-state index in [-0.39, 0.29) is 29.0 Å². The van der Waals surface area contributed by atoms with Gasteiger partial charge < -0.3 is 9.84 Å². The summed E-state index contributed by atoms with van der Waals surface area (Å²) in [5.74, 6) is -0.243. The number of hydrogen-bond donors (Lipinski definition) is 1. The largest absolute Gasteiger partial charge is 0.360 e. The van der Waals surface area contributed by atoms with E-state index >= 15 is 0 Å². The highest BCUT2D eigenvalue weighted by molar-refractivity contribution is 7.89. The molecule has 1 saturated heterocycles. The summed E-state index contributed by atoms with van der Waals surface area (Å²) < 4.78 is 32.2. The molecule has 1 N–H and O–H groups in total. The van der Waals surface area contributed by atoms with Crippen LogP contribution in [0.25, 0.3) is 0 Å². The third-order valence-corrected chi connectivity index (χ3v) is 6.65. The predicted octanol–water partition coefficient (Wildman–Crippen LogP) is 1.40. The molecule has 2 aromatic heterocycles. The summed E-state index contributed by atoms with van der Waals surface area (Å²) in [5, 5.41) is 6.61. The summed E-state index contributed by atoms with van der Waals surface area (Å²) in [6, 6.07) is 3.66. The molecule has 1 unspecified atom stereocenters. The van der Waals surface area contributed by atoms with Crippen LogP contribution in [0, 0.1) is 19.8 Å². The third kappa shape index (κ3) is 3.78. The molecule has 1 aliphatic rings. The van der Waals surface area contributed by atoms with Crippen molar-refractivity contribution in [1.29, 1.82) is 0 Å². The van der Waals surface area contributed by atoms with Gasteiger partial charge in [0.15, 0.2) is 5.76 Å². The minimum atomic E-state index is -3.72. The van der Waals surface area contributed by atoms with Crippen molar-refractivity contribution in [2.75, 3.05) is 13.1 Å². The number of aryl methyl sites for hydroxylation is 2. The minimum Gasteiger partial charge on any atom is -0.360 e. The van der Waals surface area contributed by atoms with Crippen LogP contribution in [0.3, 0.4) is 0 Å². The molecular formula is C17H22N4O4S. The lowest BCUT2D eigenvalue weighted by Gasteiger charge is -2.31. The number of nitrogens with zero attached hydrogens (tertiary/aromatic N) is 3. The van der Waals surface area contributed by atoms with Crippen molar-refractivity contribution in [2.24, 2.45) is 5.92 Å². The summed E-state index contributed by atoms with van der Waals surface area (Å²) in [7, 11) is -3.72. The van der Waals surface area contributed by atoms with E-state index in [9.17, 15) is 13.2 Å². The van der Waals surface area contributed by atoms with Crippen LogP contribution < -0.4 is 5.32 Å². The van der Waals surface area contributed by atoms with Crippen molar-refractivity contribution in [2.45, 2.75) is 38.1 Å². The molecule has 2 aromatic rings. The van der Waals surface area contributed by atoms with E-state index in [1.807, 2.05) is 12.1 Å². The molecule has 0 aliphatic carbocycles. The molecule has 8 nitrogen and oxygen atoms in total. The Balaban J connectivity index is 1.68. The van der Waals surface area contributed by atoms with Crippen molar-refractivity contribution < 1.29 is 17.7 Å². The maximum Gasteiger partial charge on any atom is 0.248 e. The maximum atomic E-state index is 12.9. The first-order chi connectivity index (χ1) is 12.4. The molecule has 1 amide bonds. The van der Waals surface area contributed by atoms with E-state index in [0.29, 0.717) is 31.6 Å². The van der Waals surface area contributed by atoms with Crippen LogP contribution in [0.1, 0.15) is 29.9 Å². The zero-order chi connectivity index (χ0) is 18.7. The molecule has 3 rings (SSSR count). The molecular weight excluding hydrogens is 356 g/mol. The first-order valence-corrected chi connectivity index (χ1v) is 9.93. The van der Waals surface area contributed by atoms with E-state index in [1.165, 1.54) is 4.31 Å². The molecule has 1 aliphatic heterocycles. The molecule has 26 heavy (non-hydrogen) atoms. The van der Waals surface area contributed by atoms with Crippen LogP contribution in [0.15, 0.2) is 33.9 Å². The fraction of sp³-hybridized carbons (Fsp3) is 0.471. The van der Waals surface area contributed by atoms with Crippen molar-refractivity contribution in [3.8, 4) is 0 Å². The van der Waals surface area contributed by atoms with Crippen molar-refractivity contribution in [1.82, 2.24) is 19.8 Å². The number of carbonyl (C=O) groups excluding carboxylic acids is 1. The van der Waals surface area contributed by atoms with Gasteiger partial charge in [0, 0.05) is 32.0 Å². The quantitative estimate of drug-likeness (QED) is 0.843. The zero-order valence-electron chi connectivity index (χ0n) is 14.8. The molecule has 140 valence electrons. The van der Waals surface area contributed by atoms with E-state index < -0.39 is 10.0 Å². The van der Waals surface area contributed by atoms with Gasteiger partial charge in [0.1, 0.15) is 10.6 Å². The SMILES string of the molecule is Cc1noc(C)c1S(=O)(=O)N1CCCC(C(=O)NCc2ccncc2)C1. The molecule has 0 aromatic carbocycles. The third-order valence-electron chi connectivity index (χ3n) is 4.54. The van der Waals surface area contributed by atoms with Gasteiger partial charge in [-0.2, -0.15) is 4.31 Å². The van der Waals surface area contributed by atoms with Crippen LogP contribution >= 0.6 is 0 Å². The number of piperidine rings is 1. The standard InChI is InChI=1S/C17H22N4O4S/c1-12-16(13(2)25-20-12)26(23,24)21-9-3-4-15(11-21)17(22)19-10-14-5-7-18-8-6-14/h5-8,15H,3-4,9-11H2,1-2H3,(H,19,22). The summed E-state index contributed by atoms with van der Waals surface area (Å²) in [6.07, 6.45) is 4.63. The fourth-order valence-electron chi connectivity index (χ4n) is 3.18. The van der Waals surface area contributed by atoms with Crippen molar-refractivity contribution in [3.63, 3.8) is 0 Å². The van der Waals surface area contributed by atoms with Gasteiger partial charge >= 0.3 is 0 Å². The van der Waals surface area contributed by atoms with Crippen LogP contribution in [0.2, 0.25) is 0 Å². The Hall–Kier alpha value is -2.26. The highest BCUT2D eigenvalue weighted by Crippen LogP contribution is 2.27. The second-order valence-electron chi connectivity index (χ2n) is 6.43. The number of sulfonamides is 1. The van der Waals surface area contributed by atoms with Gasteiger partial charge in [-0.25, -0.2) is 8.42 Å². The highest BCUT2D eigenvalue weighted by Gasteiger charge is 2.36. The molecule has 9 heteroatoms. The first-order valence-electron chi connectivity index (χ1n) is 8.49. The number of hydrogen-bond acceptors (Lipinski definition) is 6. The molecule has 1 atom stereocenters. The number of carbonyl (C=O) groups is 1. The van der Waals surface area contributed by atoms with Gasteiger partial charge in [-0.1, -0.05) is 5.16 Å². The highest BCUT2D eigenvalue weighted by atomic mass is 32.2. The van der Waals surface area contributed by atoms with Crippen LogP contribution in [-0.4, -0.2) is 41.9 Å². The van der Waals surface area contributed by atoms with E-state index in [0.717, 1.165) is 5.56 Å². The van der Waals surface area contributed by atoms with Gasteiger partial charge in [-0.3, -0.25) is 9.78 Å². The van der Waals surface area contributed by atoms with Crippen LogP contribution in [-0.2, 0) is 21.4 Å². The van der Waals surface area contributed by atoms with E-state index in [1.54, 1.807) is 26.2 Å². The van der Waals surface area contributed by atoms with Crippen molar-refractivity contribution in [3.05, 3.63) is 41.5 Å². The lowest BCUT2D eigenvalue weighted by molar-refractivity contribution is -0.126. The van der Waals surface area contributed by atoms with E-state index in [2.05, 4.69) is 15.5 Å². The van der Waals surface area contributed by atoms with Crippen LogP contribution in [0.5, 0.6) is 0 Å². The number of rotatable bonds is 5. The van der Waals surface area contributed by atoms with Gasteiger partial charge in [-0.15, -0.1) is 0 Å². The Bertz CT molecular complexity index is 860. The summed E-state index contributed by atoms with van der Waals surface area (Å²) in [5.41, 5.74) is 1.29. The average molecular weight is 378 g/mol. The summed E-state index contributed by atoms with van der Waals surface area (Å²) >= 11 is 0. The molecule has 0 radical (unpaired) electrons. The smallest absolute Gasteiger partial charge is 0.248 e. The first kappa shape index (κ1) is 18.5. The Morgan fingerprint density at radius 2 is 2.08 bits per heavy atom. The Morgan fingerprint density at radius 3 is 2.73 bits per heavy atom. The molecule has 0 saturated carbocycles. The monoisotopic (exact) mass is 378 g/mol. The number of nitrogens with one attached hydrogen (secondary N) is 1. The number of aromatic nitrogens is 2. The van der Waals surface area contributed by atoms with Gasteiger partial charge in [0.25, 0.3) is 0 Å². The number of pyridine rings is 1. The average Bonchev–Trinajstić information content (AvgIpc) is 2.99. The van der Waals surface area contributed by atoms with Crippen molar-refractivity contribution >= 4 is 15.9 Å². The summed E-state index contributed by atoms with van der Waals surface area (Å²) in [6.45, 7) is 4.13. The van der Waals surface area contributed by atoms with E-state index in [4.69, 9.17) is 4.52 Å². The van der Waals surface area contributed by atoms with Gasteiger partial charge in [0.05, 0.1) is 5.92 Å². The number of amides is 1. The van der Waals surface area contributed by atoms with Crippen LogP contribution in [0.4, 0.5) is 0 Å². The Morgan fingerprint density at radius 1 is 1.35 bits per heavy atom. The minimum absolute atomic E-state index is 0.107. The molecule has 1 fully saturated rings. The lowest BCUT2D eigenvalue weighted by Crippen LogP contribution is -2.45. The molecule has 0 bridgehead atoms. The topological polar surface area (TPSA) is 105 Å². The zero-order valence-corrected chi connectivity index (χ0v) is 15.6. The maximum absolute atomic E-state index is 12.9. The van der Waals surface area contributed by atoms with Gasteiger partial charge in [0.2, 0.25) is 15.9 Å². The second-order valence-corrected chi connectivity index (χ2v) is 8.30. The molecule has 3 heterocycles. The predicted molar refractivity (Wildman–Crippen MR) is 93.5 cm³/mol. The fourth-order valence-corrected chi connectivity index (χ4v) is 5.00. The molecule has 0 spiro atoms.